The highest BCUT2D eigenvalue weighted by Crippen LogP contribution is 2.43. The molecule has 4 heteroatoms. The summed E-state index contributed by atoms with van der Waals surface area (Å²) in [6.45, 7) is 11.4. The van der Waals surface area contributed by atoms with Gasteiger partial charge in [0.15, 0.2) is 0 Å². The maximum absolute atomic E-state index is 4.95. The second-order valence-corrected chi connectivity index (χ2v) is 11.4. The van der Waals surface area contributed by atoms with E-state index in [0.717, 1.165) is 16.9 Å². The molecule has 3 aromatic rings. The highest BCUT2D eigenvalue weighted by atomic mass is 32.2. The normalized spacial score (nSPS) is 19.1. The predicted octanol–water partition coefficient (Wildman–Crippen LogP) is 7.59. The summed E-state index contributed by atoms with van der Waals surface area (Å²) in [5, 5.41) is 4.94. The van der Waals surface area contributed by atoms with Gasteiger partial charge in [-0.3, -0.25) is 0 Å². The van der Waals surface area contributed by atoms with Crippen molar-refractivity contribution in [2.45, 2.75) is 46.5 Å². The zero-order chi connectivity index (χ0) is 19.8. The monoisotopic (exact) mass is 410 g/mol. The number of nitrogens with zero attached hydrogens (tertiary/aromatic N) is 1. The molecule has 2 nitrogen and oxygen atoms in total. The maximum atomic E-state index is 4.95. The van der Waals surface area contributed by atoms with Crippen molar-refractivity contribution in [1.82, 2.24) is 9.97 Å². The third-order valence-electron chi connectivity index (χ3n) is 5.44. The van der Waals surface area contributed by atoms with Crippen LogP contribution in [-0.4, -0.2) is 15.7 Å². The summed E-state index contributed by atoms with van der Waals surface area (Å²) in [6, 6.07) is 11.0. The van der Waals surface area contributed by atoms with Crippen LogP contribution in [0.2, 0.25) is 0 Å². The Balaban J connectivity index is 1.54. The molecule has 0 saturated carbocycles. The van der Waals surface area contributed by atoms with Gasteiger partial charge in [-0.25, -0.2) is 15.9 Å². The standard InChI is InChI=1S/C24H30N2S2/c1-15(2)18-11-12-28(14-18)13-17(5)21-9-10-22(27-21)24-25-20-8-6-7-19(16(3)4)23(20)26-24/h6-12,14-17,28H,13H2,1-5H3,(H,25,26). The minimum absolute atomic E-state index is 0.112. The van der Waals surface area contributed by atoms with Crippen LogP contribution in [0.4, 0.5) is 0 Å². The van der Waals surface area contributed by atoms with Crippen LogP contribution in [0.15, 0.2) is 52.8 Å². The Morgan fingerprint density at radius 3 is 2.57 bits per heavy atom. The van der Waals surface area contributed by atoms with Crippen molar-refractivity contribution in [3.8, 4) is 10.7 Å². The smallest absolute Gasteiger partial charge is 0.148 e. The minimum Gasteiger partial charge on any atom is -0.337 e. The number of H-pyrrole nitrogens is 1. The molecule has 1 aliphatic rings. The Labute approximate surface area is 175 Å². The first-order valence-electron chi connectivity index (χ1n) is 10.2. The molecule has 0 radical (unpaired) electrons. The number of thiol groups is 1. The van der Waals surface area contributed by atoms with Crippen LogP contribution in [-0.2, 0) is 0 Å². The molecule has 0 fully saturated rings. The third kappa shape index (κ3) is 3.85. The van der Waals surface area contributed by atoms with Crippen molar-refractivity contribution in [2.75, 3.05) is 5.75 Å². The zero-order valence-electron chi connectivity index (χ0n) is 17.4. The minimum atomic E-state index is -0.112. The Morgan fingerprint density at radius 1 is 1.04 bits per heavy atom. The first-order valence-corrected chi connectivity index (χ1v) is 12.6. The molecule has 0 bridgehead atoms. The number of hydrogen-bond acceptors (Lipinski definition) is 2. The number of allylic oxidation sites excluding steroid dienone is 2. The van der Waals surface area contributed by atoms with Gasteiger partial charge in [-0.15, -0.1) is 11.3 Å². The van der Waals surface area contributed by atoms with Gasteiger partial charge in [0.05, 0.1) is 15.9 Å². The Morgan fingerprint density at radius 2 is 1.86 bits per heavy atom. The average molecular weight is 411 g/mol. The summed E-state index contributed by atoms with van der Waals surface area (Å²) in [7, 11) is -0.112. The van der Waals surface area contributed by atoms with E-state index in [0.29, 0.717) is 17.8 Å². The molecular formula is C24H30N2S2. The lowest BCUT2D eigenvalue weighted by Crippen LogP contribution is -1.96. The average Bonchev–Trinajstić information content (AvgIpc) is 3.39. The zero-order valence-corrected chi connectivity index (χ0v) is 19.1. The van der Waals surface area contributed by atoms with Gasteiger partial charge in [0.25, 0.3) is 0 Å². The molecule has 148 valence electrons. The number of para-hydroxylation sites is 1. The third-order valence-corrected chi connectivity index (χ3v) is 8.89. The van der Waals surface area contributed by atoms with Gasteiger partial charge in [0, 0.05) is 4.88 Å². The van der Waals surface area contributed by atoms with Gasteiger partial charge in [-0.2, -0.15) is 0 Å². The number of imidazole rings is 1. The van der Waals surface area contributed by atoms with E-state index in [9.17, 15) is 0 Å². The number of aromatic nitrogens is 2. The van der Waals surface area contributed by atoms with Crippen LogP contribution >= 0.6 is 22.2 Å². The largest absolute Gasteiger partial charge is 0.337 e. The van der Waals surface area contributed by atoms with Gasteiger partial charge in [-0.1, -0.05) is 52.8 Å². The van der Waals surface area contributed by atoms with Crippen molar-refractivity contribution in [3.63, 3.8) is 0 Å². The van der Waals surface area contributed by atoms with Crippen LogP contribution in [0.1, 0.15) is 56.9 Å². The van der Waals surface area contributed by atoms with E-state index in [2.05, 4.69) is 86.8 Å². The molecule has 1 N–H and O–H groups in total. The highest BCUT2D eigenvalue weighted by Gasteiger charge is 2.17. The van der Waals surface area contributed by atoms with E-state index < -0.39 is 0 Å². The van der Waals surface area contributed by atoms with E-state index in [-0.39, 0.29) is 10.9 Å². The number of nitrogens with one attached hydrogen (secondary N) is 1. The molecular weight excluding hydrogens is 380 g/mol. The fourth-order valence-electron chi connectivity index (χ4n) is 3.70. The van der Waals surface area contributed by atoms with Gasteiger partial charge in [-0.05, 0) is 63.7 Å². The maximum Gasteiger partial charge on any atom is 0.148 e. The van der Waals surface area contributed by atoms with E-state index in [4.69, 9.17) is 4.98 Å². The fourth-order valence-corrected chi connectivity index (χ4v) is 7.10. The van der Waals surface area contributed by atoms with Crippen LogP contribution in [0.25, 0.3) is 21.7 Å². The molecule has 2 atom stereocenters. The number of benzene rings is 1. The lowest BCUT2D eigenvalue weighted by Gasteiger charge is -2.16. The van der Waals surface area contributed by atoms with Gasteiger partial charge < -0.3 is 4.98 Å². The SMILES string of the molecule is CC(C)C1=C[SH](CC(C)c2ccc(-c3nc4c(C(C)C)cccc4[nH]3)s2)C=C1. The molecule has 0 spiro atoms. The van der Waals surface area contributed by atoms with Gasteiger partial charge in [0.1, 0.15) is 5.82 Å². The van der Waals surface area contributed by atoms with E-state index >= 15 is 0 Å². The molecule has 4 rings (SSSR count). The van der Waals surface area contributed by atoms with Crippen LogP contribution < -0.4 is 0 Å². The lowest BCUT2D eigenvalue weighted by molar-refractivity contribution is 0.795. The van der Waals surface area contributed by atoms with Crippen molar-refractivity contribution in [1.29, 1.82) is 0 Å². The molecule has 3 heterocycles. The van der Waals surface area contributed by atoms with Crippen molar-refractivity contribution in [3.05, 3.63) is 63.2 Å². The predicted molar refractivity (Wildman–Crippen MR) is 128 cm³/mol. The van der Waals surface area contributed by atoms with Gasteiger partial charge in [0.2, 0.25) is 0 Å². The lowest BCUT2D eigenvalue weighted by atomic mass is 10.0. The fraction of sp³-hybridized carbons (Fsp3) is 0.375. The van der Waals surface area contributed by atoms with E-state index in [1.54, 1.807) is 0 Å². The number of hydrogen-bond donors (Lipinski definition) is 2. The topological polar surface area (TPSA) is 28.7 Å². The van der Waals surface area contributed by atoms with Crippen LogP contribution in [0.3, 0.4) is 0 Å². The second-order valence-electron chi connectivity index (χ2n) is 8.38. The number of fused-ring (bicyclic) bond motifs is 1. The van der Waals surface area contributed by atoms with Gasteiger partial charge >= 0.3 is 0 Å². The van der Waals surface area contributed by atoms with Crippen molar-refractivity contribution >= 4 is 33.3 Å². The molecule has 1 aromatic carbocycles. The van der Waals surface area contributed by atoms with E-state index in [1.165, 1.54) is 26.6 Å². The molecule has 1 aliphatic heterocycles. The summed E-state index contributed by atoms with van der Waals surface area (Å²) in [5.74, 6) is 3.92. The second kappa shape index (κ2) is 7.92. The summed E-state index contributed by atoms with van der Waals surface area (Å²) in [6.07, 6.45) is 2.34. The van der Waals surface area contributed by atoms with E-state index in [1.807, 2.05) is 11.3 Å². The molecule has 2 unspecified atom stereocenters. The Hall–Kier alpha value is -1.78. The number of rotatable bonds is 6. The Kier molecular flexibility index (Phi) is 5.52. The summed E-state index contributed by atoms with van der Waals surface area (Å²) < 4.78 is 0. The van der Waals surface area contributed by atoms with Crippen LogP contribution in [0, 0.1) is 5.92 Å². The number of aromatic amines is 1. The van der Waals surface area contributed by atoms with Crippen molar-refractivity contribution in [2.24, 2.45) is 5.92 Å². The Bertz CT molecular complexity index is 1040. The number of thiophene rings is 1. The summed E-state index contributed by atoms with van der Waals surface area (Å²) in [4.78, 5) is 11.2. The molecule has 0 saturated heterocycles. The molecule has 0 aliphatic carbocycles. The summed E-state index contributed by atoms with van der Waals surface area (Å²) >= 11 is 1.89. The quantitative estimate of drug-likeness (QED) is 0.403. The van der Waals surface area contributed by atoms with Crippen LogP contribution in [0.5, 0.6) is 0 Å². The van der Waals surface area contributed by atoms with Crippen molar-refractivity contribution < 1.29 is 0 Å². The first-order chi connectivity index (χ1) is 13.4. The molecule has 28 heavy (non-hydrogen) atoms. The summed E-state index contributed by atoms with van der Waals surface area (Å²) in [5.41, 5.74) is 5.07. The first kappa shape index (κ1) is 19.5. The highest BCUT2D eigenvalue weighted by molar-refractivity contribution is 8.22. The molecule has 0 amide bonds. The molecule has 2 aromatic heterocycles.